The van der Waals surface area contributed by atoms with E-state index < -0.39 is 90.7 Å². The van der Waals surface area contributed by atoms with Crippen molar-refractivity contribution in [2.24, 2.45) is 0 Å². The van der Waals surface area contributed by atoms with Gasteiger partial charge in [-0.25, -0.2) is 4.79 Å². The normalized spacial score (nSPS) is 20.7. The number of halogens is 5. The second-order valence-corrected chi connectivity index (χ2v) is 7.77. The van der Waals surface area contributed by atoms with Gasteiger partial charge < -0.3 is 33.7 Å². The van der Waals surface area contributed by atoms with Crippen molar-refractivity contribution >= 4 is 35.8 Å². The largest absolute Gasteiger partial charge is 0.477 e. The fourth-order valence-corrected chi connectivity index (χ4v) is 3.18. The monoisotopic (exact) mass is 577 g/mol. The molecule has 0 unspecified atom stereocenters. The highest BCUT2D eigenvalue weighted by atomic mass is 19.4. The van der Waals surface area contributed by atoms with Gasteiger partial charge in [-0.2, -0.15) is 22.0 Å². The van der Waals surface area contributed by atoms with Crippen LogP contribution < -0.4 is 5.32 Å². The smallest absolute Gasteiger partial charge is 0.463 e. The molecule has 0 saturated heterocycles. The Morgan fingerprint density at radius 3 is 1.92 bits per heavy atom. The fourth-order valence-electron chi connectivity index (χ4n) is 3.18. The molecule has 0 aliphatic carbocycles. The number of nitrogens with one attached hydrogen (secondary N) is 1. The van der Waals surface area contributed by atoms with Crippen molar-refractivity contribution in [1.29, 1.82) is 0 Å². The molecule has 1 N–H and O–H groups in total. The minimum absolute atomic E-state index is 0.623. The quantitative estimate of drug-likeness (QED) is 0.217. The minimum Gasteiger partial charge on any atom is -0.477 e. The number of rotatable bonds is 10. The van der Waals surface area contributed by atoms with E-state index in [-0.39, 0.29) is 0 Å². The molecule has 13 nitrogen and oxygen atoms in total. The van der Waals surface area contributed by atoms with Gasteiger partial charge >= 0.3 is 47.9 Å². The van der Waals surface area contributed by atoms with Crippen molar-refractivity contribution in [3.05, 3.63) is 11.8 Å². The number of methoxy groups -OCH3 is 1. The standard InChI is InChI=1S/C21H24F5NO12/c1-8(28)35-7-14(37-10(3)30)16(38-11(4)31)17-15(27-19(33)20(22,23)21(24,25)26)12(36-9(2)29)6-13(39-17)18(32)34-5/h6,12,14-17H,7H2,1-5H3,(H,27,33)/t12-,14-,15-,16-,17-/m1/s1. The molecule has 1 aliphatic heterocycles. The van der Waals surface area contributed by atoms with Crippen molar-refractivity contribution in [3.8, 4) is 0 Å². The van der Waals surface area contributed by atoms with Gasteiger partial charge in [-0.05, 0) is 0 Å². The first-order valence-electron chi connectivity index (χ1n) is 10.7. The molecule has 0 fully saturated rings. The Labute approximate surface area is 216 Å². The van der Waals surface area contributed by atoms with Crippen molar-refractivity contribution in [2.75, 3.05) is 13.7 Å². The molecular formula is C21H24F5NO12. The van der Waals surface area contributed by atoms with Gasteiger partial charge in [-0.15, -0.1) is 0 Å². The lowest BCUT2D eigenvalue weighted by Gasteiger charge is -2.41. The Morgan fingerprint density at radius 2 is 1.49 bits per heavy atom. The molecule has 1 heterocycles. The van der Waals surface area contributed by atoms with Gasteiger partial charge in [0.05, 0.1) is 7.11 Å². The third-order valence-electron chi connectivity index (χ3n) is 4.67. The van der Waals surface area contributed by atoms with Crippen LogP contribution in [-0.2, 0) is 57.2 Å². The highest BCUT2D eigenvalue weighted by molar-refractivity contribution is 5.87. The van der Waals surface area contributed by atoms with Gasteiger partial charge in [-0.1, -0.05) is 0 Å². The Kier molecular flexibility index (Phi) is 11.2. The van der Waals surface area contributed by atoms with E-state index in [1.165, 1.54) is 5.32 Å². The van der Waals surface area contributed by atoms with Crippen LogP contribution in [0.3, 0.4) is 0 Å². The molecule has 0 bridgehead atoms. The number of amides is 1. The third-order valence-corrected chi connectivity index (χ3v) is 4.67. The Bertz CT molecular complexity index is 1010. The van der Waals surface area contributed by atoms with Crippen LogP contribution in [0, 0.1) is 0 Å². The average molecular weight is 577 g/mol. The summed E-state index contributed by atoms with van der Waals surface area (Å²) in [5, 5.41) is 1.33. The third kappa shape index (κ3) is 9.06. The first-order valence-corrected chi connectivity index (χ1v) is 10.7. The molecule has 1 aliphatic rings. The van der Waals surface area contributed by atoms with E-state index >= 15 is 0 Å². The first-order chi connectivity index (χ1) is 17.8. The van der Waals surface area contributed by atoms with Gasteiger partial charge in [0.2, 0.25) is 5.76 Å². The summed E-state index contributed by atoms with van der Waals surface area (Å²) >= 11 is 0. The first kappa shape index (κ1) is 33.0. The van der Waals surface area contributed by atoms with E-state index in [9.17, 15) is 50.7 Å². The highest BCUT2D eigenvalue weighted by Gasteiger charge is 2.64. The van der Waals surface area contributed by atoms with Crippen molar-refractivity contribution in [3.63, 3.8) is 0 Å². The zero-order chi connectivity index (χ0) is 30.3. The van der Waals surface area contributed by atoms with E-state index in [0.717, 1.165) is 34.8 Å². The number of hydrogen-bond acceptors (Lipinski definition) is 12. The van der Waals surface area contributed by atoms with E-state index in [0.29, 0.717) is 6.08 Å². The molecule has 18 heteroatoms. The maximum absolute atomic E-state index is 13.8. The molecule has 0 aromatic heterocycles. The molecule has 0 spiro atoms. The number of hydrogen-bond donors (Lipinski definition) is 1. The molecule has 1 rings (SSSR count). The second-order valence-electron chi connectivity index (χ2n) is 7.77. The summed E-state index contributed by atoms with van der Waals surface area (Å²) < 4.78 is 95.7. The predicted octanol–water partition coefficient (Wildman–Crippen LogP) is 0.483. The van der Waals surface area contributed by atoms with Crippen LogP contribution >= 0.6 is 0 Å². The summed E-state index contributed by atoms with van der Waals surface area (Å²) in [6, 6.07) is -2.25. The van der Waals surface area contributed by atoms with Crippen LogP contribution in [-0.4, -0.2) is 92.0 Å². The molecule has 0 aromatic carbocycles. The molecule has 0 aromatic rings. The van der Waals surface area contributed by atoms with Crippen molar-refractivity contribution in [2.45, 2.75) is 70.3 Å². The maximum Gasteiger partial charge on any atom is 0.463 e. The topological polar surface area (TPSA) is 170 Å². The van der Waals surface area contributed by atoms with E-state index in [2.05, 4.69) is 4.74 Å². The molecule has 39 heavy (non-hydrogen) atoms. The molecule has 0 saturated carbocycles. The maximum atomic E-state index is 13.8. The number of carbonyl (C=O) groups excluding carboxylic acids is 6. The highest BCUT2D eigenvalue weighted by Crippen LogP contribution is 2.36. The lowest BCUT2D eigenvalue weighted by atomic mass is 9.92. The van der Waals surface area contributed by atoms with Crippen LogP contribution in [0.15, 0.2) is 11.8 Å². The molecule has 220 valence electrons. The minimum atomic E-state index is -6.36. The molecule has 5 atom stereocenters. The lowest BCUT2D eigenvalue weighted by molar-refractivity contribution is -0.270. The van der Waals surface area contributed by atoms with Gasteiger partial charge in [0.15, 0.2) is 18.3 Å². The van der Waals surface area contributed by atoms with Gasteiger partial charge in [0.25, 0.3) is 0 Å². The summed E-state index contributed by atoms with van der Waals surface area (Å²) in [5.74, 6) is -15.4. The second kappa shape index (κ2) is 13.2. The average Bonchev–Trinajstić information content (AvgIpc) is 2.79. The summed E-state index contributed by atoms with van der Waals surface area (Å²) in [6.07, 6.45) is -13.9. The van der Waals surface area contributed by atoms with Crippen LogP contribution in [0.4, 0.5) is 22.0 Å². The SMILES string of the molecule is COC(=O)C1=C[C@@H](OC(C)=O)[C@@H](NC(=O)C(F)(F)C(F)(F)F)[C@H]([C@H](OC(C)=O)[C@@H](COC(C)=O)OC(C)=O)O1. The Morgan fingerprint density at radius 1 is 0.923 bits per heavy atom. The zero-order valence-corrected chi connectivity index (χ0v) is 21.0. The number of carbonyl (C=O) groups is 6. The van der Waals surface area contributed by atoms with Gasteiger partial charge in [0, 0.05) is 33.8 Å². The fraction of sp³-hybridized carbons (Fsp3) is 0.619. The predicted molar refractivity (Wildman–Crippen MR) is 111 cm³/mol. The van der Waals surface area contributed by atoms with Gasteiger partial charge in [0.1, 0.15) is 18.8 Å². The lowest BCUT2D eigenvalue weighted by Crippen LogP contribution is -2.65. The van der Waals surface area contributed by atoms with Crippen LogP contribution in [0.25, 0.3) is 0 Å². The molecular weight excluding hydrogens is 553 g/mol. The number of ether oxygens (including phenoxy) is 6. The Balaban J connectivity index is 3.80. The van der Waals surface area contributed by atoms with Crippen LogP contribution in [0.1, 0.15) is 27.7 Å². The summed E-state index contributed by atoms with van der Waals surface area (Å²) in [5.41, 5.74) is 0. The van der Waals surface area contributed by atoms with Crippen LogP contribution in [0.2, 0.25) is 0 Å². The number of alkyl halides is 5. The van der Waals surface area contributed by atoms with Gasteiger partial charge in [-0.3, -0.25) is 24.0 Å². The van der Waals surface area contributed by atoms with E-state index in [1.54, 1.807) is 0 Å². The van der Waals surface area contributed by atoms with Crippen LogP contribution in [0.5, 0.6) is 0 Å². The summed E-state index contributed by atoms with van der Waals surface area (Å²) in [4.78, 5) is 70.9. The number of esters is 5. The zero-order valence-electron chi connectivity index (χ0n) is 21.0. The molecule has 0 radical (unpaired) electrons. The summed E-state index contributed by atoms with van der Waals surface area (Å²) in [7, 11) is 0.867. The van der Waals surface area contributed by atoms with Crippen molar-refractivity contribution in [1.82, 2.24) is 5.32 Å². The Hall–Kier alpha value is -3.99. The van der Waals surface area contributed by atoms with E-state index in [4.69, 9.17) is 23.7 Å². The summed E-state index contributed by atoms with van der Waals surface area (Å²) in [6.45, 7) is 2.50. The molecule has 1 amide bonds. The van der Waals surface area contributed by atoms with E-state index in [1.807, 2.05) is 0 Å². The van der Waals surface area contributed by atoms with Crippen molar-refractivity contribution < 1.29 is 79.1 Å².